The van der Waals surface area contributed by atoms with E-state index in [9.17, 15) is 12.8 Å². The highest BCUT2D eigenvalue weighted by atomic mass is 32.2. The maximum absolute atomic E-state index is 13.6. The van der Waals surface area contributed by atoms with E-state index >= 15 is 0 Å². The molecule has 1 N–H and O–H groups in total. The van der Waals surface area contributed by atoms with E-state index in [0.717, 1.165) is 23.7 Å². The Hall–Kier alpha value is -1.77. The van der Waals surface area contributed by atoms with E-state index in [4.69, 9.17) is 4.74 Å². The summed E-state index contributed by atoms with van der Waals surface area (Å²) in [5, 5.41) is 4.24. The summed E-state index contributed by atoms with van der Waals surface area (Å²) in [6, 6.07) is 5.30. The lowest BCUT2D eigenvalue weighted by Crippen LogP contribution is -2.29. The van der Waals surface area contributed by atoms with Gasteiger partial charge in [-0.15, -0.1) is 0 Å². The lowest BCUT2D eigenvalue weighted by Gasteiger charge is -2.15. The van der Waals surface area contributed by atoms with Gasteiger partial charge in [0.2, 0.25) is 10.0 Å². The summed E-state index contributed by atoms with van der Waals surface area (Å²) in [5.41, 5.74) is 2.10. The molecule has 1 aliphatic rings. The van der Waals surface area contributed by atoms with Crippen LogP contribution in [-0.4, -0.2) is 31.3 Å². The Morgan fingerprint density at radius 2 is 2.18 bits per heavy atom. The van der Waals surface area contributed by atoms with Crippen LogP contribution in [0.15, 0.2) is 35.4 Å². The molecule has 0 bridgehead atoms. The van der Waals surface area contributed by atoms with E-state index in [0.29, 0.717) is 19.8 Å². The molecule has 2 aromatic rings. The van der Waals surface area contributed by atoms with E-state index < -0.39 is 15.8 Å². The van der Waals surface area contributed by atoms with Crippen LogP contribution in [0.4, 0.5) is 4.39 Å². The van der Waals surface area contributed by atoms with Gasteiger partial charge in [0.25, 0.3) is 0 Å². The van der Waals surface area contributed by atoms with Crippen LogP contribution in [0.2, 0.25) is 0 Å². The molecule has 0 fully saturated rings. The average Bonchev–Trinajstić information content (AvgIpc) is 2.91. The average molecular weight is 325 g/mol. The Balaban J connectivity index is 1.66. The lowest BCUT2D eigenvalue weighted by molar-refractivity contribution is 0.109. The number of nitrogens with one attached hydrogen (secondary N) is 1. The monoisotopic (exact) mass is 325 g/mol. The summed E-state index contributed by atoms with van der Waals surface area (Å²) in [4.78, 5) is -0.342. The van der Waals surface area contributed by atoms with Gasteiger partial charge in [0.05, 0.1) is 26.0 Å². The smallest absolute Gasteiger partial charge is 0.243 e. The van der Waals surface area contributed by atoms with Gasteiger partial charge in [-0.1, -0.05) is 12.1 Å². The van der Waals surface area contributed by atoms with Crippen LogP contribution in [-0.2, 0) is 34.3 Å². The minimum absolute atomic E-state index is 0.144. The standard InChI is InChI=1S/C14H16FN3O3S/c15-12-3-1-2-4-14(12)22(19,20)17-6-7-18-13-5-8-21-10-11(13)9-16-18/h1-4,9,17H,5-8,10H2. The van der Waals surface area contributed by atoms with Gasteiger partial charge in [0.15, 0.2) is 0 Å². The highest BCUT2D eigenvalue weighted by molar-refractivity contribution is 7.89. The van der Waals surface area contributed by atoms with E-state index in [-0.39, 0.29) is 11.4 Å². The first-order valence-corrected chi connectivity index (χ1v) is 8.42. The summed E-state index contributed by atoms with van der Waals surface area (Å²) in [6.45, 7) is 1.71. The van der Waals surface area contributed by atoms with Gasteiger partial charge >= 0.3 is 0 Å². The summed E-state index contributed by atoms with van der Waals surface area (Å²) >= 11 is 0. The van der Waals surface area contributed by atoms with E-state index in [1.54, 1.807) is 10.9 Å². The minimum atomic E-state index is -3.86. The number of fused-ring (bicyclic) bond motifs is 1. The summed E-state index contributed by atoms with van der Waals surface area (Å²) in [7, 11) is -3.86. The van der Waals surface area contributed by atoms with Crippen LogP contribution in [0.3, 0.4) is 0 Å². The predicted octanol–water partition coefficient (Wildman–Crippen LogP) is 1.07. The highest BCUT2D eigenvalue weighted by Crippen LogP contribution is 2.16. The molecular weight excluding hydrogens is 309 g/mol. The molecule has 0 spiro atoms. The molecule has 8 heteroatoms. The van der Waals surface area contributed by atoms with Crippen molar-refractivity contribution in [3.8, 4) is 0 Å². The highest BCUT2D eigenvalue weighted by Gasteiger charge is 2.19. The number of sulfonamides is 1. The molecule has 118 valence electrons. The van der Waals surface area contributed by atoms with Crippen molar-refractivity contribution in [2.75, 3.05) is 13.2 Å². The third-order valence-electron chi connectivity index (χ3n) is 3.52. The summed E-state index contributed by atoms with van der Waals surface area (Å²) in [5.74, 6) is -0.761. The molecular formula is C14H16FN3O3S. The third-order valence-corrected chi connectivity index (χ3v) is 5.01. The molecule has 6 nitrogen and oxygen atoms in total. The van der Waals surface area contributed by atoms with Crippen LogP contribution >= 0.6 is 0 Å². The third kappa shape index (κ3) is 3.03. The molecule has 0 atom stereocenters. The van der Waals surface area contributed by atoms with Crippen LogP contribution < -0.4 is 4.72 Å². The zero-order valence-corrected chi connectivity index (χ0v) is 12.6. The Kier molecular flexibility index (Phi) is 4.23. The number of ether oxygens (including phenoxy) is 1. The van der Waals surface area contributed by atoms with E-state index in [1.807, 2.05) is 0 Å². The molecule has 0 unspecified atom stereocenters. The van der Waals surface area contributed by atoms with Crippen molar-refractivity contribution in [2.24, 2.45) is 0 Å². The fourth-order valence-electron chi connectivity index (χ4n) is 2.43. The van der Waals surface area contributed by atoms with Crippen molar-refractivity contribution in [1.82, 2.24) is 14.5 Å². The SMILES string of the molecule is O=S(=O)(NCCn1ncc2c1CCOC2)c1ccccc1F. The van der Waals surface area contributed by atoms with Gasteiger partial charge in [0.1, 0.15) is 10.7 Å². The van der Waals surface area contributed by atoms with Gasteiger partial charge in [-0.25, -0.2) is 17.5 Å². The second kappa shape index (κ2) is 6.15. The Morgan fingerprint density at radius 3 is 3.00 bits per heavy atom. The number of nitrogens with zero attached hydrogens (tertiary/aromatic N) is 2. The van der Waals surface area contributed by atoms with Gasteiger partial charge in [-0.3, -0.25) is 4.68 Å². The van der Waals surface area contributed by atoms with Crippen LogP contribution in [0.1, 0.15) is 11.3 Å². The molecule has 3 rings (SSSR count). The first-order valence-electron chi connectivity index (χ1n) is 6.93. The van der Waals surface area contributed by atoms with Crippen molar-refractivity contribution >= 4 is 10.0 Å². The molecule has 1 aliphatic heterocycles. The van der Waals surface area contributed by atoms with Gasteiger partial charge in [0, 0.05) is 24.2 Å². The topological polar surface area (TPSA) is 73.2 Å². The molecule has 0 saturated heterocycles. The normalized spacial score (nSPS) is 14.8. The number of aromatic nitrogens is 2. The fraction of sp³-hybridized carbons (Fsp3) is 0.357. The zero-order valence-electron chi connectivity index (χ0n) is 11.8. The van der Waals surface area contributed by atoms with Gasteiger partial charge in [-0.2, -0.15) is 5.10 Å². The van der Waals surface area contributed by atoms with Crippen molar-refractivity contribution in [3.05, 3.63) is 47.5 Å². The molecule has 0 radical (unpaired) electrons. The number of halogens is 1. The van der Waals surface area contributed by atoms with Crippen LogP contribution in [0, 0.1) is 5.82 Å². The van der Waals surface area contributed by atoms with E-state index in [1.165, 1.54) is 18.2 Å². The van der Waals surface area contributed by atoms with Crippen LogP contribution in [0.25, 0.3) is 0 Å². The Labute approximate surface area is 128 Å². The quantitative estimate of drug-likeness (QED) is 0.892. The molecule has 2 heterocycles. The van der Waals surface area contributed by atoms with Crippen molar-refractivity contribution in [1.29, 1.82) is 0 Å². The minimum Gasteiger partial charge on any atom is -0.376 e. The Bertz CT molecular complexity index is 773. The second-order valence-electron chi connectivity index (χ2n) is 4.97. The first-order chi connectivity index (χ1) is 10.6. The maximum Gasteiger partial charge on any atom is 0.243 e. The zero-order chi connectivity index (χ0) is 15.6. The van der Waals surface area contributed by atoms with Gasteiger partial charge in [-0.05, 0) is 12.1 Å². The molecule has 22 heavy (non-hydrogen) atoms. The fourth-order valence-corrected chi connectivity index (χ4v) is 3.53. The predicted molar refractivity (Wildman–Crippen MR) is 77.2 cm³/mol. The Morgan fingerprint density at radius 1 is 1.36 bits per heavy atom. The largest absolute Gasteiger partial charge is 0.376 e. The molecule has 1 aromatic heterocycles. The summed E-state index contributed by atoms with van der Waals surface area (Å²) < 4.78 is 47.2. The number of rotatable bonds is 5. The van der Waals surface area contributed by atoms with Crippen LogP contribution in [0.5, 0.6) is 0 Å². The number of benzene rings is 1. The lowest BCUT2D eigenvalue weighted by atomic mass is 10.2. The second-order valence-corrected chi connectivity index (χ2v) is 6.71. The number of hydrogen-bond acceptors (Lipinski definition) is 4. The molecule has 0 amide bonds. The van der Waals surface area contributed by atoms with Crippen molar-refractivity contribution in [3.63, 3.8) is 0 Å². The molecule has 0 aliphatic carbocycles. The summed E-state index contributed by atoms with van der Waals surface area (Å²) in [6.07, 6.45) is 2.50. The van der Waals surface area contributed by atoms with Crippen molar-refractivity contribution in [2.45, 2.75) is 24.5 Å². The van der Waals surface area contributed by atoms with Gasteiger partial charge < -0.3 is 4.74 Å². The maximum atomic E-state index is 13.6. The molecule has 1 aromatic carbocycles. The number of hydrogen-bond donors (Lipinski definition) is 1. The first kappa shape index (κ1) is 15.1. The molecule has 0 saturated carbocycles. The van der Waals surface area contributed by atoms with E-state index in [2.05, 4.69) is 9.82 Å². The van der Waals surface area contributed by atoms with Crippen molar-refractivity contribution < 1.29 is 17.5 Å².